The Labute approximate surface area is 121 Å². The van der Waals surface area contributed by atoms with E-state index in [1.54, 1.807) is 7.11 Å². The van der Waals surface area contributed by atoms with Gasteiger partial charge < -0.3 is 9.47 Å². The summed E-state index contributed by atoms with van der Waals surface area (Å²) in [4.78, 5) is 2.49. The molecule has 3 atom stereocenters. The maximum absolute atomic E-state index is 6.54. The lowest BCUT2D eigenvalue weighted by Gasteiger charge is -2.53. The van der Waals surface area contributed by atoms with Gasteiger partial charge in [-0.25, -0.2) is 0 Å². The predicted octanol–water partition coefficient (Wildman–Crippen LogP) is 3.18. The molecule has 3 nitrogen and oxygen atoms in total. The van der Waals surface area contributed by atoms with Gasteiger partial charge in [-0.2, -0.15) is 0 Å². The van der Waals surface area contributed by atoms with Crippen LogP contribution >= 0.6 is 0 Å². The molecule has 0 radical (unpaired) electrons. The van der Waals surface area contributed by atoms with E-state index in [1.807, 2.05) is 6.07 Å². The third-order valence-electron chi connectivity index (χ3n) is 4.86. The van der Waals surface area contributed by atoms with Crippen molar-refractivity contribution in [2.24, 2.45) is 0 Å². The van der Waals surface area contributed by atoms with Crippen molar-refractivity contribution < 1.29 is 9.47 Å². The number of benzene rings is 1. The molecule has 2 aliphatic rings. The molecule has 1 saturated heterocycles. The number of nitrogens with zero attached hydrogens (tertiary/aromatic N) is 1. The average Bonchev–Trinajstić information content (AvgIpc) is 2.47. The molecule has 1 aliphatic heterocycles. The van der Waals surface area contributed by atoms with Crippen LogP contribution in [0.1, 0.15) is 38.2 Å². The van der Waals surface area contributed by atoms with Gasteiger partial charge in [-0.05, 0) is 44.5 Å². The first-order valence-electron chi connectivity index (χ1n) is 7.68. The Morgan fingerprint density at radius 3 is 3.00 bits per heavy atom. The van der Waals surface area contributed by atoms with Crippen LogP contribution in [0.15, 0.2) is 24.3 Å². The van der Waals surface area contributed by atoms with Gasteiger partial charge in [-0.1, -0.05) is 25.0 Å². The molecule has 1 aliphatic carbocycles. The highest BCUT2D eigenvalue weighted by Crippen LogP contribution is 2.46. The van der Waals surface area contributed by atoms with Crippen molar-refractivity contribution in [3.05, 3.63) is 29.8 Å². The summed E-state index contributed by atoms with van der Waals surface area (Å²) in [5.41, 5.74) is 1.12. The molecule has 1 heterocycles. The van der Waals surface area contributed by atoms with Crippen LogP contribution < -0.4 is 4.74 Å². The van der Waals surface area contributed by atoms with Crippen LogP contribution in [0.3, 0.4) is 0 Å². The Balaban J connectivity index is 2.03. The average molecular weight is 275 g/mol. The SMILES string of the molecule is COc1cccc(C23CCCCC2N(C)CC(C)O3)c1. The first kappa shape index (κ1) is 13.9. The molecule has 0 aromatic heterocycles. The third kappa shape index (κ3) is 2.23. The van der Waals surface area contributed by atoms with Gasteiger partial charge in [0, 0.05) is 12.6 Å². The van der Waals surface area contributed by atoms with Crippen LogP contribution in [0.2, 0.25) is 0 Å². The maximum Gasteiger partial charge on any atom is 0.119 e. The molecule has 1 aromatic rings. The van der Waals surface area contributed by atoms with E-state index in [0.29, 0.717) is 6.04 Å². The second-order valence-electron chi connectivity index (χ2n) is 6.25. The van der Waals surface area contributed by atoms with Crippen LogP contribution in [0, 0.1) is 0 Å². The van der Waals surface area contributed by atoms with Gasteiger partial charge in [0.25, 0.3) is 0 Å². The lowest BCUT2D eigenvalue weighted by Crippen LogP contribution is -2.60. The fraction of sp³-hybridized carbons (Fsp3) is 0.647. The molecule has 20 heavy (non-hydrogen) atoms. The Bertz CT molecular complexity index is 476. The van der Waals surface area contributed by atoms with E-state index in [2.05, 4.69) is 37.1 Å². The largest absolute Gasteiger partial charge is 0.497 e. The zero-order valence-corrected chi connectivity index (χ0v) is 12.8. The van der Waals surface area contributed by atoms with Gasteiger partial charge in [0.15, 0.2) is 0 Å². The maximum atomic E-state index is 6.54. The van der Waals surface area contributed by atoms with Gasteiger partial charge in [0.1, 0.15) is 11.4 Å². The second kappa shape index (κ2) is 5.38. The Hall–Kier alpha value is -1.06. The zero-order chi connectivity index (χ0) is 14.2. The van der Waals surface area contributed by atoms with E-state index in [0.717, 1.165) is 18.7 Å². The number of ether oxygens (including phenoxy) is 2. The third-order valence-corrected chi connectivity index (χ3v) is 4.86. The van der Waals surface area contributed by atoms with Crippen LogP contribution in [-0.2, 0) is 10.3 Å². The first-order chi connectivity index (χ1) is 9.65. The highest BCUT2D eigenvalue weighted by molar-refractivity contribution is 5.34. The van der Waals surface area contributed by atoms with Crippen LogP contribution in [0.5, 0.6) is 5.75 Å². The number of hydrogen-bond acceptors (Lipinski definition) is 3. The molecular formula is C17H25NO2. The minimum absolute atomic E-state index is 0.154. The van der Waals surface area contributed by atoms with Gasteiger partial charge in [0.2, 0.25) is 0 Å². The van der Waals surface area contributed by atoms with Crippen molar-refractivity contribution in [1.29, 1.82) is 0 Å². The second-order valence-corrected chi connectivity index (χ2v) is 6.25. The molecule has 3 unspecified atom stereocenters. The summed E-state index contributed by atoms with van der Waals surface area (Å²) in [6.07, 6.45) is 5.16. The van der Waals surface area contributed by atoms with E-state index < -0.39 is 0 Å². The standard InChI is InChI=1S/C17H25NO2/c1-13-12-18(2)16-9-4-5-10-17(16,20-13)14-7-6-8-15(11-14)19-3/h6-8,11,13,16H,4-5,9-10,12H2,1-3H3. The molecule has 0 bridgehead atoms. The zero-order valence-electron chi connectivity index (χ0n) is 12.8. The quantitative estimate of drug-likeness (QED) is 0.827. The summed E-state index contributed by atoms with van der Waals surface area (Å²) >= 11 is 0. The number of morpholine rings is 1. The Morgan fingerprint density at radius 1 is 1.35 bits per heavy atom. The van der Waals surface area contributed by atoms with Gasteiger partial charge in [0.05, 0.1) is 13.2 Å². The molecular weight excluding hydrogens is 250 g/mol. The summed E-state index contributed by atoms with van der Waals surface area (Å²) in [5.74, 6) is 0.922. The monoisotopic (exact) mass is 275 g/mol. The molecule has 0 N–H and O–H groups in total. The van der Waals surface area contributed by atoms with Crippen molar-refractivity contribution in [2.45, 2.75) is 50.4 Å². The Kier molecular flexibility index (Phi) is 3.74. The summed E-state index contributed by atoms with van der Waals surface area (Å²) in [5, 5.41) is 0. The first-order valence-corrected chi connectivity index (χ1v) is 7.68. The lowest BCUT2D eigenvalue weighted by molar-refractivity contribution is -0.198. The van der Waals surface area contributed by atoms with Crippen molar-refractivity contribution in [1.82, 2.24) is 4.90 Å². The minimum atomic E-state index is -0.154. The lowest BCUT2D eigenvalue weighted by atomic mass is 9.73. The molecule has 110 valence electrons. The fourth-order valence-electron chi connectivity index (χ4n) is 4.06. The molecule has 1 aromatic carbocycles. The number of likely N-dealkylation sites (N-methyl/N-ethyl adjacent to an activating group) is 1. The highest BCUT2D eigenvalue weighted by Gasteiger charge is 2.49. The summed E-state index contributed by atoms with van der Waals surface area (Å²) in [7, 11) is 3.97. The Morgan fingerprint density at radius 2 is 2.20 bits per heavy atom. The van der Waals surface area contributed by atoms with Gasteiger partial charge >= 0.3 is 0 Å². The van der Waals surface area contributed by atoms with E-state index >= 15 is 0 Å². The summed E-state index contributed by atoms with van der Waals surface area (Å²) in [6, 6.07) is 8.93. The minimum Gasteiger partial charge on any atom is -0.497 e. The van der Waals surface area contributed by atoms with E-state index in [1.165, 1.54) is 24.8 Å². The van der Waals surface area contributed by atoms with Crippen molar-refractivity contribution in [2.75, 3.05) is 20.7 Å². The number of rotatable bonds is 2. The molecule has 0 spiro atoms. The van der Waals surface area contributed by atoms with E-state index in [-0.39, 0.29) is 11.7 Å². The van der Waals surface area contributed by atoms with E-state index in [9.17, 15) is 0 Å². The van der Waals surface area contributed by atoms with Crippen LogP contribution in [0.4, 0.5) is 0 Å². The molecule has 1 saturated carbocycles. The molecule has 0 amide bonds. The van der Waals surface area contributed by atoms with Crippen molar-refractivity contribution >= 4 is 0 Å². The fourth-order valence-corrected chi connectivity index (χ4v) is 4.06. The summed E-state index contributed by atoms with van der Waals surface area (Å²) in [6.45, 7) is 3.21. The number of hydrogen-bond donors (Lipinski definition) is 0. The summed E-state index contributed by atoms with van der Waals surface area (Å²) < 4.78 is 11.9. The number of methoxy groups -OCH3 is 1. The van der Waals surface area contributed by atoms with E-state index in [4.69, 9.17) is 9.47 Å². The van der Waals surface area contributed by atoms with Crippen LogP contribution in [0.25, 0.3) is 0 Å². The molecule has 3 rings (SSSR count). The van der Waals surface area contributed by atoms with Gasteiger partial charge in [-0.3, -0.25) is 4.90 Å². The van der Waals surface area contributed by atoms with Crippen molar-refractivity contribution in [3.8, 4) is 5.75 Å². The van der Waals surface area contributed by atoms with Crippen molar-refractivity contribution in [3.63, 3.8) is 0 Å². The highest BCUT2D eigenvalue weighted by atomic mass is 16.5. The normalized spacial score (nSPS) is 34.5. The van der Waals surface area contributed by atoms with Gasteiger partial charge in [-0.15, -0.1) is 0 Å². The molecule has 3 heteroatoms. The predicted molar refractivity (Wildman–Crippen MR) is 80.1 cm³/mol. The van der Waals surface area contributed by atoms with Crippen LogP contribution in [-0.4, -0.2) is 37.7 Å². The molecule has 2 fully saturated rings. The smallest absolute Gasteiger partial charge is 0.119 e. The number of fused-ring (bicyclic) bond motifs is 1. The topological polar surface area (TPSA) is 21.7 Å².